The Balaban J connectivity index is 0.000000202. The predicted molar refractivity (Wildman–Crippen MR) is 50.3 cm³/mol. The van der Waals surface area contributed by atoms with E-state index in [1.54, 1.807) is 0 Å². The Bertz CT molecular complexity index is 76.3. The lowest BCUT2D eigenvalue weighted by Crippen LogP contribution is -2.03. The van der Waals surface area contributed by atoms with Crippen LogP contribution in [0, 0.1) is 0 Å². The maximum Gasteiger partial charge on any atom is 0.119 e. The van der Waals surface area contributed by atoms with Crippen molar-refractivity contribution in [1.29, 1.82) is 0 Å². The van der Waals surface area contributed by atoms with Gasteiger partial charge in [-0.3, -0.25) is 0 Å². The zero-order valence-corrected chi connectivity index (χ0v) is 8.05. The SMILES string of the molecule is C1CCOCC1.CCCCC=O. The molecule has 12 heavy (non-hydrogen) atoms. The molecule has 0 aromatic heterocycles. The minimum atomic E-state index is 0.733. The van der Waals surface area contributed by atoms with Gasteiger partial charge in [0.05, 0.1) is 0 Å². The third-order valence-electron chi connectivity index (χ3n) is 1.75. The van der Waals surface area contributed by atoms with Gasteiger partial charge in [-0.15, -0.1) is 0 Å². The molecule has 1 rings (SSSR count). The number of hydrogen-bond donors (Lipinski definition) is 0. The Labute approximate surface area is 75.3 Å². The normalized spacial score (nSPS) is 16.1. The van der Waals surface area contributed by atoms with Crippen LogP contribution in [0.1, 0.15) is 45.4 Å². The first-order chi connectivity index (χ1) is 5.91. The number of hydrogen-bond acceptors (Lipinski definition) is 2. The molecule has 1 aliphatic heterocycles. The number of ether oxygens (including phenoxy) is 1. The highest BCUT2D eigenvalue weighted by molar-refractivity contribution is 5.48. The van der Waals surface area contributed by atoms with Gasteiger partial charge in [-0.1, -0.05) is 13.3 Å². The van der Waals surface area contributed by atoms with Crippen molar-refractivity contribution < 1.29 is 9.53 Å². The molecule has 2 nitrogen and oxygen atoms in total. The molecule has 1 saturated heterocycles. The van der Waals surface area contributed by atoms with Crippen molar-refractivity contribution in [1.82, 2.24) is 0 Å². The maximum absolute atomic E-state index is 9.56. The summed E-state index contributed by atoms with van der Waals surface area (Å²) < 4.78 is 5.07. The smallest absolute Gasteiger partial charge is 0.119 e. The van der Waals surface area contributed by atoms with Crippen LogP contribution in [0.25, 0.3) is 0 Å². The molecule has 1 aliphatic rings. The second-order valence-electron chi connectivity index (χ2n) is 2.98. The lowest BCUT2D eigenvalue weighted by atomic mass is 10.2. The number of carbonyl (C=O) groups excluding carboxylic acids is 1. The largest absolute Gasteiger partial charge is 0.381 e. The summed E-state index contributed by atoms with van der Waals surface area (Å²) in [5, 5.41) is 0. The molecule has 2 heteroatoms. The first-order valence-electron chi connectivity index (χ1n) is 4.93. The minimum Gasteiger partial charge on any atom is -0.381 e. The fraction of sp³-hybridized carbons (Fsp3) is 0.900. The van der Waals surface area contributed by atoms with Gasteiger partial charge in [0.15, 0.2) is 0 Å². The second kappa shape index (κ2) is 10.6. The molecule has 0 aromatic carbocycles. The van der Waals surface area contributed by atoms with Crippen molar-refractivity contribution in [2.75, 3.05) is 13.2 Å². The van der Waals surface area contributed by atoms with Crippen molar-refractivity contribution >= 4 is 6.29 Å². The number of unbranched alkanes of at least 4 members (excludes halogenated alkanes) is 2. The highest BCUT2D eigenvalue weighted by Gasteiger charge is 1.94. The molecular formula is C10H20O2. The summed E-state index contributed by atoms with van der Waals surface area (Å²) >= 11 is 0. The van der Waals surface area contributed by atoms with E-state index in [0.717, 1.165) is 38.8 Å². The number of carbonyl (C=O) groups is 1. The average Bonchev–Trinajstić information content (AvgIpc) is 2.18. The first kappa shape index (κ1) is 11.6. The van der Waals surface area contributed by atoms with E-state index in [0.29, 0.717) is 0 Å². The monoisotopic (exact) mass is 172 g/mol. The standard InChI is InChI=1S/2C5H10O/c1-2-4-6-5-3-1;1-2-3-4-5-6/h1-5H2;5H,2-4H2,1H3. The summed E-state index contributed by atoms with van der Waals surface area (Å²) in [7, 11) is 0. The Hall–Kier alpha value is -0.370. The average molecular weight is 172 g/mol. The van der Waals surface area contributed by atoms with Gasteiger partial charge in [0, 0.05) is 19.6 Å². The van der Waals surface area contributed by atoms with E-state index < -0.39 is 0 Å². The van der Waals surface area contributed by atoms with E-state index in [4.69, 9.17) is 4.74 Å². The molecule has 1 fully saturated rings. The maximum atomic E-state index is 9.56. The van der Waals surface area contributed by atoms with Crippen molar-refractivity contribution in [3.63, 3.8) is 0 Å². The molecule has 0 N–H and O–H groups in total. The fourth-order valence-corrected chi connectivity index (χ4v) is 0.975. The van der Waals surface area contributed by atoms with E-state index in [1.807, 2.05) is 0 Å². The van der Waals surface area contributed by atoms with Gasteiger partial charge in [0.25, 0.3) is 0 Å². The summed E-state index contributed by atoms with van der Waals surface area (Å²) in [6.45, 7) is 4.07. The summed E-state index contributed by atoms with van der Waals surface area (Å²) in [5.74, 6) is 0. The first-order valence-corrected chi connectivity index (χ1v) is 4.93. The summed E-state index contributed by atoms with van der Waals surface area (Å²) in [5.41, 5.74) is 0. The van der Waals surface area contributed by atoms with Crippen LogP contribution >= 0.6 is 0 Å². The summed E-state index contributed by atoms with van der Waals surface area (Å²) in [4.78, 5) is 9.56. The van der Waals surface area contributed by atoms with Crippen molar-refractivity contribution in [3.05, 3.63) is 0 Å². The topological polar surface area (TPSA) is 26.3 Å². The zero-order chi connectivity index (χ0) is 9.07. The van der Waals surface area contributed by atoms with Crippen LogP contribution in [-0.2, 0) is 9.53 Å². The van der Waals surface area contributed by atoms with Gasteiger partial charge in [-0.05, 0) is 25.7 Å². The van der Waals surface area contributed by atoms with Crippen LogP contribution in [0.2, 0.25) is 0 Å². The van der Waals surface area contributed by atoms with Crippen LogP contribution in [0.4, 0.5) is 0 Å². The summed E-state index contributed by atoms with van der Waals surface area (Å²) in [6, 6.07) is 0. The molecule has 0 amide bonds. The third-order valence-corrected chi connectivity index (χ3v) is 1.75. The fourth-order valence-electron chi connectivity index (χ4n) is 0.975. The lowest BCUT2D eigenvalue weighted by molar-refractivity contribution is -0.107. The van der Waals surface area contributed by atoms with Crippen molar-refractivity contribution in [3.8, 4) is 0 Å². The van der Waals surface area contributed by atoms with E-state index in [1.165, 1.54) is 19.3 Å². The van der Waals surface area contributed by atoms with Gasteiger partial charge in [0.2, 0.25) is 0 Å². The molecule has 0 atom stereocenters. The highest BCUT2D eigenvalue weighted by atomic mass is 16.5. The third kappa shape index (κ3) is 9.63. The van der Waals surface area contributed by atoms with Gasteiger partial charge in [0.1, 0.15) is 6.29 Å². The molecule has 0 bridgehead atoms. The molecule has 0 saturated carbocycles. The quantitative estimate of drug-likeness (QED) is 0.483. The van der Waals surface area contributed by atoms with Gasteiger partial charge in [-0.2, -0.15) is 0 Å². The van der Waals surface area contributed by atoms with Crippen molar-refractivity contribution in [2.45, 2.75) is 45.4 Å². The molecule has 0 radical (unpaired) electrons. The van der Waals surface area contributed by atoms with Crippen LogP contribution in [0.5, 0.6) is 0 Å². The Morgan fingerprint density at radius 2 is 1.92 bits per heavy atom. The van der Waals surface area contributed by atoms with Crippen LogP contribution < -0.4 is 0 Å². The van der Waals surface area contributed by atoms with Gasteiger partial charge >= 0.3 is 0 Å². The molecule has 0 aliphatic carbocycles. The number of aldehydes is 1. The van der Waals surface area contributed by atoms with E-state index in [2.05, 4.69) is 6.92 Å². The Kier molecular flexibility index (Phi) is 10.3. The summed E-state index contributed by atoms with van der Waals surface area (Å²) in [6.07, 6.45) is 7.79. The molecular weight excluding hydrogens is 152 g/mol. The van der Waals surface area contributed by atoms with Crippen LogP contribution in [-0.4, -0.2) is 19.5 Å². The molecule has 0 aromatic rings. The lowest BCUT2D eigenvalue weighted by Gasteiger charge is -2.08. The molecule has 0 spiro atoms. The van der Waals surface area contributed by atoms with Gasteiger partial charge in [-0.25, -0.2) is 0 Å². The van der Waals surface area contributed by atoms with E-state index in [-0.39, 0.29) is 0 Å². The number of rotatable bonds is 3. The van der Waals surface area contributed by atoms with E-state index in [9.17, 15) is 4.79 Å². The molecule has 72 valence electrons. The van der Waals surface area contributed by atoms with Crippen LogP contribution in [0.3, 0.4) is 0 Å². The molecule has 0 unspecified atom stereocenters. The second-order valence-corrected chi connectivity index (χ2v) is 2.98. The van der Waals surface area contributed by atoms with Gasteiger partial charge < -0.3 is 9.53 Å². The highest BCUT2D eigenvalue weighted by Crippen LogP contribution is 2.02. The van der Waals surface area contributed by atoms with Crippen molar-refractivity contribution in [2.24, 2.45) is 0 Å². The van der Waals surface area contributed by atoms with E-state index >= 15 is 0 Å². The minimum absolute atomic E-state index is 0.733. The molecule has 1 heterocycles. The Morgan fingerprint density at radius 3 is 2.08 bits per heavy atom. The predicted octanol–water partition coefficient (Wildman–Crippen LogP) is 2.56. The zero-order valence-electron chi connectivity index (χ0n) is 8.05. The Morgan fingerprint density at radius 1 is 1.25 bits per heavy atom. The van der Waals surface area contributed by atoms with Crippen LogP contribution in [0.15, 0.2) is 0 Å².